The van der Waals surface area contributed by atoms with Gasteiger partial charge in [0.2, 0.25) is 0 Å². The Morgan fingerprint density at radius 2 is 1.94 bits per heavy atom. The fourth-order valence-electron chi connectivity index (χ4n) is 4.78. The van der Waals surface area contributed by atoms with E-state index in [9.17, 15) is 9.59 Å². The summed E-state index contributed by atoms with van der Waals surface area (Å²) in [5.41, 5.74) is 4.64. The quantitative estimate of drug-likeness (QED) is 0.366. The Hall–Kier alpha value is -2.38. The lowest BCUT2D eigenvalue weighted by Crippen LogP contribution is -2.23. The third-order valence-electron chi connectivity index (χ3n) is 6.93. The van der Waals surface area contributed by atoms with E-state index in [4.69, 9.17) is 23.2 Å². The van der Waals surface area contributed by atoms with Crippen LogP contribution in [0.3, 0.4) is 0 Å². The molecule has 0 atom stereocenters. The standard InChI is InChI=1S/C27H27Cl2N3O2S/c1-31(2)11-10-27(8-9-27)18-5-3-4-17(12-18)15-32-16-21-20(26(32)34)13-19(28)14-22(21)30-25(33)23-6-7-24(29)35-23/h3-7,12-14H,8-11,15-16H2,1-2H3,(H,30,33). The number of thiophene rings is 1. The van der Waals surface area contributed by atoms with Crippen molar-refractivity contribution in [2.24, 2.45) is 0 Å². The lowest BCUT2D eigenvalue weighted by molar-refractivity contribution is 0.0766. The largest absolute Gasteiger partial charge is 0.330 e. The second-order valence-corrected chi connectivity index (χ2v) is 11.9. The Balaban J connectivity index is 1.34. The Morgan fingerprint density at radius 1 is 1.14 bits per heavy atom. The van der Waals surface area contributed by atoms with E-state index in [1.54, 1.807) is 24.3 Å². The molecule has 1 aliphatic carbocycles. The van der Waals surface area contributed by atoms with E-state index in [1.165, 1.54) is 29.7 Å². The summed E-state index contributed by atoms with van der Waals surface area (Å²) < 4.78 is 0.546. The van der Waals surface area contributed by atoms with Crippen LogP contribution in [0.4, 0.5) is 5.69 Å². The molecule has 0 unspecified atom stereocenters. The first kappa shape index (κ1) is 24.3. The summed E-state index contributed by atoms with van der Waals surface area (Å²) >= 11 is 13.5. The van der Waals surface area contributed by atoms with Gasteiger partial charge in [0.15, 0.2) is 0 Å². The summed E-state index contributed by atoms with van der Waals surface area (Å²) in [7, 11) is 4.23. The van der Waals surface area contributed by atoms with Crippen LogP contribution in [0.25, 0.3) is 0 Å². The molecular weight excluding hydrogens is 501 g/mol. The van der Waals surface area contributed by atoms with Gasteiger partial charge in [-0.15, -0.1) is 11.3 Å². The summed E-state index contributed by atoms with van der Waals surface area (Å²) in [6.07, 6.45) is 3.58. The molecule has 0 spiro atoms. The third kappa shape index (κ3) is 5.12. The lowest BCUT2D eigenvalue weighted by Gasteiger charge is -2.21. The van der Waals surface area contributed by atoms with Gasteiger partial charge >= 0.3 is 0 Å². The summed E-state index contributed by atoms with van der Waals surface area (Å²) in [5.74, 6) is -0.339. The first-order valence-electron chi connectivity index (χ1n) is 11.7. The molecule has 5 nitrogen and oxygen atoms in total. The summed E-state index contributed by atoms with van der Waals surface area (Å²) in [5, 5.41) is 3.34. The molecule has 0 saturated heterocycles. The molecule has 0 radical (unpaired) electrons. The van der Waals surface area contributed by atoms with Crippen molar-refractivity contribution < 1.29 is 9.59 Å². The molecule has 35 heavy (non-hydrogen) atoms. The van der Waals surface area contributed by atoms with Crippen molar-refractivity contribution in [3.05, 3.63) is 85.0 Å². The average Bonchev–Trinajstić information content (AvgIpc) is 3.40. The van der Waals surface area contributed by atoms with Crippen molar-refractivity contribution in [1.29, 1.82) is 0 Å². The van der Waals surface area contributed by atoms with Gasteiger partial charge in [-0.2, -0.15) is 0 Å². The minimum atomic E-state index is -0.266. The van der Waals surface area contributed by atoms with Crippen LogP contribution in [0.15, 0.2) is 48.5 Å². The van der Waals surface area contributed by atoms with Gasteiger partial charge in [0.25, 0.3) is 11.8 Å². The van der Waals surface area contributed by atoms with Crippen molar-refractivity contribution >= 4 is 52.0 Å². The monoisotopic (exact) mass is 527 g/mol. The number of carbonyl (C=O) groups excluding carboxylic acids is 2. The number of anilines is 1. The number of nitrogens with zero attached hydrogens (tertiary/aromatic N) is 2. The summed E-state index contributed by atoms with van der Waals surface area (Å²) in [4.78, 5) is 30.5. The van der Waals surface area contributed by atoms with Crippen LogP contribution in [0.5, 0.6) is 0 Å². The number of carbonyl (C=O) groups is 2. The Labute approximate surface area is 219 Å². The van der Waals surface area contributed by atoms with E-state index in [0.717, 1.165) is 24.1 Å². The summed E-state index contributed by atoms with van der Waals surface area (Å²) in [6, 6.07) is 15.4. The Bertz CT molecular complexity index is 1300. The van der Waals surface area contributed by atoms with Gasteiger partial charge in [-0.05, 0) is 80.7 Å². The molecule has 2 heterocycles. The van der Waals surface area contributed by atoms with Crippen LogP contribution in [-0.2, 0) is 18.5 Å². The highest BCUT2D eigenvalue weighted by Gasteiger charge is 2.43. The second kappa shape index (κ2) is 9.58. The molecule has 1 saturated carbocycles. The van der Waals surface area contributed by atoms with Gasteiger partial charge in [-0.1, -0.05) is 47.5 Å². The highest BCUT2D eigenvalue weighted by Crippen LogP contribution is 2.51. The minimum Gasteiger partial charge on any atom is -0.330 e. The van der Waals surface area contributed by atoms with Gasteiger partial charge in [-0.3, -0.25) is 9.59 Å². The first-order chi connectivity index (χ1) is 16.7. The molecule has 0 bridgehead atoms. The van der Waals surface area contributed by atoms with Crippen LogP contribution in [0.2, 0.25) is 9.36 Å². The van der Waals surface area contributed by atoms with Crippen LogP contribution < -0.4 is 5.32 Å². The Kier molecular flexibility index (Phi) is 6.66. The highest BCUT2D eigenvalue weighted by atomic mass is 35.5. The number of nitrogens with one attached hydrogen (secondary N) is 1. The molecule has 1 aliphatic heterocycles. The zero-order valence-electron chi connectivity index (χ0n) is 19.7. The maximum absolute atomic E-state index is 13.3. The third-order valence-corrected chi connectivity index (χ3v) is 8.38. The van der Waals surface area contributed by atoms with E-state index in [1.807, 2.05) is 4.90 Å². The van der Waals surface area contributed by atoms with Crippen LogP contribution in [0.1, 0.15) is 56.0 Å². The van der Waals surface area contributed by atoms with E-state index in [-0.39, 0.29) is 17.2 Å². The molecular formula is C27H27Cl2N3O2S. The smallest absolute Gasteiger partial charge is 0.265 e. The molecule has 1 fully saturated rings. The molecule has 5 rings (SSSR count). The van der Waals surface area contributed by atoms with E-state index in [0.29, 0.717) is 38.6 Å². The number of rotatable bonds is 8. The molecule has 182 valence electrons. The number of amides is 2. The first-order valence-corrected chi connectivity index (χ1v) is 13.2. The maximum atomic E-state index is 13.3. The molecule has 8 heteroatoms. The van der Waals surface area contributed by atoms with Crippen LogP contribution in [-0.4, -0.2) is 42.3 Å². The minimum absolute atomic E-state index is 0.0729. The average molecular weight is 529 g/mol. The molecule has 1 N–H and O–H groups in total. The normalized spacial score (nSPS) is 16.0. The zero-order chi connectivity index (χ0) is 24.7. The number of hydrogen-bond acceptors (Lipinski definition) is 4. The number of benzene rings is 2. The van der Waals surface area contributed by atoms with Crippen LogP contribution >= 0.6 is 34.5 Å². The van der Waals surface area contributed by atoms with E-state index >= 15 is 0 Å². The SMILES string of the molecule is CN(C)CCC1(c2cccc(CN3Cc4c(NC(=O)c5ccc(Cl)s5)cc(Cl)cc4C3=O)c2)CC1. The summed E-state index contributed by atoms with van der Waals surface area (Å²) in [6.45, 7) is 2.00. The Morgan fingerprint density at radius 3 is 2.63 bits per heavy atom. The van der Waals surface area contributed by atoms with Crippen molar-refractivity contribution in [2.75, 3.05) is 26.0 Å². The van der Waals surface area contributed by atoms with Gasteiger partial charge in [0.05, 0.1) is 9.21 Å². The van der Waals surface area contributed by atoms with Crippen LogP contribution in [0, 0.1) is 0 Å². The predicted octanol–water partition coefficient (Wildman–Crippen LogP) is 6.45. The molecule has 3 aromatic rings. The molecule has 2 aliphatic rings. The van der Waals surface area contributed by atoms with Crippen molar-refractivity contribution in [3.63, 3.8) is 0 Å². The molecule has 2 amide bonds. The van der Waals surface area contributed by atoms with Gasteiger partial charge in [-0.25, -0.2) is 0 Å². The zero-order valence-corrected chi connectivity index (χ0v) is 22.1. The number of halogens is 2. The van der Waals surface area contributed by atoms with Crippen molar-refractivity contribution in [2.45, 2.75) is 37.8 Å². The number of hydrogen-bond donors (Lipinski definition) is 1. The lowest BCUT2D eigenvalue weighted by atomic mass is 9.91. The van der Waals surface area contributed by atoms with E-state index < -0.39 is 0 Å². The van der Waals surface area contributed by atoms with Crippen molar-refractivity contribution in [3.8, 4) is 0 Å². The fraction of sp³-hybridized carbons (Fsp3) is 0.333. The highest BCUT2D eigenvalue weighted by molar-refractivity contribution is 7.18. The van der Waals surface area contributed by atoms with Gasteiger partial charge < -0.3 is 15.1 Å². The fourth-order valence-corrected chi connectivity index (χ4v) is 5.94. The number of fused-ring (bicyclic) bond motifs is 1. The van der Waals surface area contributed by atoms with E-state index in [2.05, 4.69) is 48.6 Å². The second-order valence-electron chi connectivity index (χ2n) is 9.73. The van der Waals surface area contributed by atoms with Crippen molar-refractivity contribution in [1.82, 2.24) is 9.80 Å². The van der Waals surface area contributed by atoms with Gasteiger partial charge in [0.1, 0.15) is 0 Å². The topological polar surface area (TPSA) is 52.6 Å². The molecule has 2 aromatic carbocycles. The van der Waals surface area contributed by atoms with Gasteiger partial charge in [0, 0.05) is 34.9 Å². The maximum Gasteiger partial charge on any atom is 0.265 e. The molecule has 1 aromatic heterocycles. The predicted molar refractivity (Wildman–Crippen MR) is 143 cm³/mol.